The van der Waals surface area contributed by atoms with Crippen LogP contribution in [0.1, 0.15) is 6.42 Å². The molecule has 0 rings (SSSR count). The molecule has 60 valence electrons. The molecule has 1 amide bonds. The maximum atomic E-state index is 10.5. The highest BCUT2D eigenvalue weighted by Gasteiger charge is 1.95. The van der Waals surface area contributed by atoms with Crippen LogP contribution in [0, 0.1) is 0 Å². The molecule has 0 aromatic heterocycles. The number of carbonyl (C=O) groups excluding carboxylic acids is 1. The minimum Gasteiger partial charge on any atom is -0.330 e. The molecule has 0 fully saturated rings. The minimum atomic E-state index is -0.121. The highest BCUT2D eigenvalue weighted by molar-refractivity contribution is 7.99. The molecule has 4 nitrogen and oxygen atoms in total. The first-order valence-corrected chi connectivity index (χ1v) is 4.24. The van der Waals surface area contributed by atoms with E-state index in [1.807, 2.05) is 0 Å². The molecule has 0 bridgehead atoms. The molecule has 0 unspecified atom stereocenters. The Bertz CT molecular complexity index is 98.9. The zero-order valence-corrected chi connectivity index (χ0v) is 6.62. The lowest BCUT2D eigenvalue weighted by molar-refractivity contribution is -0.120. The molecule has 0 atom stereocenters. The van der Waals surface area contributed by atoms with Gasteiger partial charge >= 0.3 is 0 Å². The second-order valence-electron chi connectivity index (χ2n) is 1.72. The Morgan fingerprint density at radius 3 is 2.70 bits per heavy atom. The molecular formula is C5H13N3OS. The van der Waals surface area contributed by atoms with E-state index >= 15 is 0 Å². The normalized spacial score (nSPS) is 9.40. The fourth-order valence-corrected chi connectivity index (χ4v) is 1.12. The third kappa shape index (κ3) is 5.87. The molecule has 0 aromatic rings. The number of nitrogens with two attached hydrogens (primary N) is 2. The Morgan fingerprint density at radius 2 is 2.20 bits per heavy atom. The van der Waals surface area contributed by atoms with E-state index in [2.05, 4.69) is 5.43 Å². The SMILES string of the molecule is NCCSCCC(=O)NN. The van der Waals surface area contributed by atoms with Crippen LogP contribution in [0.5, 0.6) is 0 Å². The van der Waals surface area contributed by atoms with Crippen molar-refractivity contribution in [3.8, 4) is 0 Å². The molecular weight excluding hydrogens is 150 g/mol. The zero-order chi connectivity index (χ0) is 7.82. The second-order valence-corrected chi connectivity index (χ2v) is 2.94. The summed E-state index contributed by atoms with van der Waals surface area (Å²) >= 11 is 1.66. The van der Waals surface area contributed by atoms with Crippen molar-refractivity contribution in [2.75, 3.05) is 18.1 Å². The van der Waals surface area contributed by atoms with Crippen LogP contribution in [-0.4, -0.2) is 24.0 Å². The predicted octanol–water partition coefficient (Wildman–Crippen LogP) is -0.942. The van der Waals surface area contributed by atoms with Crippen molar-refractivity contribution < 1.29 is 4.79 Å². The average Bonchev–Trinajstić information content (AvgIpc) is 1.98. The van der Waals surface area contributed by atoms with Crippen LogP contribution >= 0.6 is 11.8 Å². The number of thioether (sulfide) groups is 1. The molecule has 0 aromatic carbocycles. The third-order valence-corrected chi connectivity index (χ3v) is 1.91. The van der Waals surface area contributed by atoms with Crippen molar-refractivity contribution in [3.05, 3.63) is 0 Å². The van der Waals surface area contributed by atoms with Gasteiger partial charge in [0.15, 0.2) is 0 Å². The molecule has 0 aliphatic heterocycles. The van der Waals surface area contributed by atoms with Gasteiger partial charge in [0, 0.05) is 24.5 Å². The summed E-state index contributed by atoms with van der Waals surface area (Å²) < 4.78 is 0. The van der Waals surface area contributed by atoms with E-state index in [0.717, 1.165) is 11.5 Å². The fraction of sp³-hybridized carbons (Fsp3) is 0.800. The van der Waals surface area contributed by atoms with Gasteiger partial charge < -0.3 is 5.73 Å². The number of carbonyl (C=O) groups is 1. The van der Waals surface area contributed by atoms with Crippen LogP contribution < -0.4 is 17.0 Å². The molecule has 10 heavy (non-hydrogen) atoms. The molecule has 5 N–H and O–H groups in total. The van der Waals surface area contributed by atoms with E-state index in [1.54, 1.807) is 11.8 Å². The largest absolute Gasteiger partial charge is 0.330 e. The van der Waals surface area contributed by atoms with Crippen molar-refractivity contribution in [1.29, 1.82) is 0 Å². The minimum absolute atomic E-state index is 0.121. The highest BCUT2D eigenvalue weighted by atomic mass is 32.2. The summed E-state index contributed by atoms with van der Waals surface area (Å²) in [5.41, 5.74) is 7.29. The lowest BCUT2D eigenvalue weighted by Gasteiger charge is -1.97. The van der Waals surface area contributed by atoms with Gasteiger partial charge in [0.1, 0.15) is 0 Å². The van der Waals surface area contributed by atoms with E-state index in [9.17, 15) is 4.79 Å². The van der Waals surface area contributed by atoms with Crippen LogP contribution in [0.3, 0.4) is 0 Å². The molecule has 0 saturated heterocycles. The number of amides is 1. The number of hydrazine groups is 1. The van der Waals surface area contributed by atoms with Crippen molar-refractivity contribution in [2.45, 2.75) is 6.42 Å². The lowest BCUT2D eigenvalue weighted by atomic mass is 10.5. The Labute approximate surface area is 64.7 Å². The summed E-state index contributed by atoms with van der Waals surface area (Å²) in [4.78, 5) is 10.5. The Hall–Kier alpha value is -0.260. The highest BCUT2D eigenvalue weighted by Crippen LogP contribution is 1.99. The summed E-state index contributed by atoms with van der Waals surface area (Å²) in [6.07, 6.45) is 0.473. The van der Waals surface area contributed by atoms with Crippen LogP contribution in [0.2, 0.25) is 0 Å². The van der Waals surface area contributed by atoms with E-state index in [0.29, 0.717) is 13.0 Å². The van der Waals surface area contributed by atoms with Crippen LogP contribution in [0.15, 0.2) is 0 Å². The van der Waals surface area contributed by atoms with Crippen LogP contribution in [-0.2, 0) is 4.79 Å². The lowest BCUT2D eigenvalue weighted by Crippen LogP contribution is -2.30. The molecule has 0 aliphatic carbocycles. The fourth-order valence-electron chi connectivity index (χ4n) is 0.422. The van der Waals surface area contributed by atoms with Gasteiger partial charge in [-0.2, -0.15) is 11.8 Å². The second kappa shape index (κ2) is 6.85. The van der Waals surface area contributed by atoms with E-state index in [4.69, 9.17) is 11.6 Å². The maximum Gasteiger partial charge on any atom is 0.234 e. The van der Waals surface area contributed by atoms with E-state index in [1.165, 1.54) is 0 Å². The van der Waals surface area contributed by atoms with Crippen LogP contribution in [0.25, 0.3) is 0 Å². The number of hydrogen-bond donors (Lipinski definition) is 3. The smallest absolute Gasteiger partial charge is 0.234 e. The van der Waals surface area contributed by atoms with Gasteiger partial charge in [-0.05, 0) is 0 Å². The van der Waals surface area contributed by atoms with Crippen molar-refractivity contribution >= 4 is 17.7 Å². The topological polar surface area (TPSA) is 81.1 Å². The van der Waals surface area contributed by atoms with E-state index in [-0.39, 0.29) is 5.91 Å². The average molecular weight is 163 g/mol. The summed E-state index contributed by atoms with van der Waals surface area (Å²) in [5.74, 6) is 6.43. The third-order valence-electron chi connectivity index (χ3n) is 0.897. The molecule has 0 aliphatic rings. The summed E-state index contributed by atoms with van der Waals surface area (Å²) in [7, 11) is 0. The summed E-state index contributed by atoms with van der Waals surface area (Å²) in [6.45, 7) is 0.662. The quantitative estimate of drug-likeness (QED) is 0.211. The Balaban J connectivity index is 2.96. The van der Waals surface area contributed by atoms with Gasteiger partial charge in [-0.1, -0.05) is 0 Å². The van der Waals surface area contributed by atoms with Gasteiger partial charge in [0.2, 0.25) is 5.91 Å². The van der Waals surface area contributed by atoms with Crippen molar-refractivity contribution in [2.24, 2.45) is 11.6 Å². The monoisotopic (exact) mass is 163 g/mol. The Kier molecular flexibility index (Phi) is 6.68. The van der Waals surface area contributed by atoms with Crippen molar-refractivity contribution in [3.63, 3.8) is 0 Å². The zero-order valence-electron chi connectivity index (χ0n) is 5.80. The number of nitrogens with one attached hydrogen (secondary N) is 1. The standard InChI is InChI=1S/C5H13N3OS/c6-2-4-10-3-1-5(9)8-7/h1-4,6-7H2,(H,8,9). The van der Waals surface area contributed by atoms with Gasteiger partial charge in [0.25, 0.3) is 0 Å². The van der Waals surface area contributed by atoms with E-state index < -0.39 is 0 Å². The molecule has 0 radical (unpaired) electrons. The maximum absolute atomic E-state index is 10.5. The van der Waals surface area contributed by atoms with Crippen LogP contribution in [0.4, 0.5) is 0 Å². The van der Waals surface area contributed by atoms with Gasteiger partial charge in [-0.25, -0.2) is 5.84 Å². The van der Waals surface area contributed by atoms with Crippen molar-refractivity contribution in [1.82, 2.24) is 5.43 Å². The first-order valence-electron chi connectivity index (χ1n) is 3.08. The summed E-state index contributed by atoms with van der Waals surface area (Å²) in [6, 6.07) is 0. The number of rotatable bonds is 5. The molecule has 0 spiro atoms. The Morgan fingerprint density at radius 1 is 1.50 bits per heavy atom. The molecule has 5 heteroatoms. The molecule has 0 heterocycles. The molecule has 0 saturated carbocycles. The van der Waals surface area contributed by atoms with Gasteiger partial charge in [-0.3, -0.25) is 10.2 Å². The van der Waals surface area contributed by atoms with Gasteiger partial charge in [-0.15, -0.1) is 0 Å². The number of hydrogen-bond acceptors (Lipinski definition) is 4. The predicted molar refractivity (Wildman–Crippen MR) is 43.3 cm³/mol. The first-order chi connectivity index (χ1) is 4.81. The first kappa shape index (κ1) is 9.74. The summed E-state index contributed by atoms with van der Waals surface area (Å²) in [5, 5.41) is 0. The van der Waals surface area contributed by atoms with Gasteiger partial charge in [0.05, 0.1) is 0 Å².